The number of nitrogens with one attached hydrogen (secondary N) is 1. The van der Waals surface area contributed by atoms with Gasteiger partial charge < -0.3 is 4.90 Å². The van der Waals surface area contributed by atoms with Gasteiger partial charge in [-0.1, -0.05) is 23.8 Å². The summed E-state index contributed by atoms with van der Waals surface area (Å²) in [6.45, 7) is 8.43. The Balaban J connectivity index is 1.53. The van der Waals surface area contributed by atoms with Crippen molar-refractivity contribution in [1.29, 1.82) is 0 Å². The van der Waals surface area contributed by atoms with Crippen molar-refractivity contribution in [3.8, 4) is 11.3 Å². The van der Waals surface area contributed by atoms with Gasteiger partial charge in [-0.05, 0) is 57.1 Å². The van der Waals surface area contributed by atoms with Crippen LogP contribution in [0, 0.1) is 20.8 Å². The van der Waals surface area contributed by atoms with Crippen LogP contribution >= 0.6 is 11.3 Å². The highest BCUT2D eigenvalue weighted by Crippen LogP contribution is 2.31. The lowest BCUT2D eigenvalue weighted by Crippen LogP contribution is -2.47. The average molecular weight is 485 g/mol. The monoisotopic (exact) mass is 484 g/mol. The van der Waals surface area contributed by atoms with Crippen LogP contribution < -0.4 is 5.32 Å². The van der Waals surface area contributed by atoms with Gasteiger partial charge in [0.15, 0.2) is 5.13 Å². The minimum Gasteiger partial charge on any atom is -0.304 e. The highest BCUT2D eigenvalue weighted by Gasteiger charge is 2.28. The van der Waals surface area contributed by atoms with E-state index in [1.54, 1.807) is 12.1 Å². The molecule has 0 saturated carbocycles. The Morgan fingerprint density at radius 2 is 1.70 bits per heavy atom. The highest BCUT2D eigenvalue weighted by atomic mass is 32.2. The van der Waals surface area contributed by atoms with E-state index >= 15 is 0 Å². The fraction of sp³-hybridized carbons (Fsp3) is 0.333. The number of piperazine rings is 1. The largest absolute Gasteiger partial charge is 0.304 e. The third-order valence-corrected chi connectivity index (χ3v) is 8.51. The maximum Gasteiger partial charge on any atom is 0.257 e. The van der Waals surface area contributed by atoms with E-state index in [4.69, 9.17) is 0 Å². The average Bonchev–Trinajstić information content (AvgIpc) is 3.21. The summed E-state index contributed by atoms with van der Waals surface area (Å²) in [5.74, 6) is -0.385. The van der Waals surface area contributed by atoms with Crippen molar-refractivity contribution >= 4 is 32.4 Å². The van der Waals surface area contributed by atoms with Gasteiger partial charge in [0.2, 0.25) is 10.0 Å². The number of hydrogen-bond acceptors (Lipinski definition) is 6. The summed E-state index contributed by atoms with van der Waals surface area (Å²) >= 11 is 1.35. The lowest BCUT2D eigenvalue weighted by atomic mass is 9.98. The normalized spacial score (nSPS) is 15.5. The second kappa shape index (κ2) is 9.34. The zero-order valence-electron chi connectivity index (χ0n) is 19.3. The summed E-state index contributed by atoms with van der Waals surface area (Å²) in [4.78, 5) is 19.7. The van der Waals surface area contributed by atoms with Crippen LogP contribution in [0.5, 0.6) is 0 Å². The molecule has 2 aromatic carbocycles. The van der Waals surface area contributed by atoms with Crippen LogP contribution in [0.2, 0.25) is 0 Å². The number of aromatic nitrogens is 1. The first-order valence-electron chi connectivity index (χ1n) is 10.8. The van der Waals surface area contributed by atoms with Crippen molar-refractivity contribution in [2.75, 3.05) is 38.5 Å². The number of sulfonamides is 1. The van der Waals surface area contributed by atoms with Gasteiger partial charge in [-0.2, -0.15) is 4.31 Å². The lowest BCUT2D eigenvalue weighted by Gasteiger charge is -2.31. The fourth-order valence-corrected chi connectivity index (χ4v) is 6.34. The summed E-state index contributed by atoms with van der Waals surface area (Å²) in [6, 6.07) is 10.4. The Bertz CT molecular complexity index is 1270. The Morgan fingerprint density at radius 3 is 2.36 bits per heavy atom. The molecule has 9 heteroatoms. The topological polar surface area (TPSA) is 82.6 Å². The third kappa shape index (κ3) is 5.01. The minimum atomic E-state index is -3.65. The van der Waals surface area contributed by atoms with Crippen molar-refractivity contribution in [3.05, 3.63) is 64.0 Å². The van der Waals surface area contributed by atoms with Gasteiger partial charge in [-0.15, -0.1) is 11.3 Å². The number of anilines is 1. The molecule has 7 nitrogen and oxygen atoms in total. The number of hydrogen-bond donors (Lipinski definition) is 1. The molecular formula is C24H28N4O3S2. The molecule has 1 fully saturated rings. The van der Waals surface area contributed by atoms with Crippen LogP contribution in [0.15, 0.2) is 46.7 Å². The first-order valence-corrected chi connectivity index (χ1v) is 13.1. The molecule has 1 aromatic heterocycles. The summed E-state index contributed by atoms with van der Waals surface area (Å²) < 4.78 is 27.6. The molecule has 0 spiro atoms. The molecule has 0 aliphatic carbocycles. The zero-order valence-corrected chi connectivity index (χ0v) is 20.9. The maximum absolute atomic E-state index is 13.0. The molecular weight excluding hydrogens is 456 g/mol. The molecule has 4 rings (SSSR count). The Kier molecular flexibility index (Phi) is 6.67. The van der Waals surface area contributed by atoms with E-state index in [1.807, 2.05) is 12.4 Å². The van der Waals surface area contributed by atoms with Crippen molar-refractivity contribution < 1.29 is 13.2 Å². The van der Waals surface area contributed by atoms with Gasteiger partial charge >= 0.3 is 0 Å². The molecule has 0 radical (unpaired) electrons. The summed E-state index contributed by atoms with van der Waals surface area (Å²) in [6.07, 6.45) is 0. The van der Waals surface area contributed by atoms with Crippen molar-refractivity contribution in [3.63, 3.8) is 0 Å². The predicted octanol–water partition coefficient (Wildman–Crippen LogP) is 3.92. The van der Waals surface area contributed by atoms with E-state index in [0.717, 1.165) is 22.4 Å². The van der Waals surface area contributed by atoms with Crippen LogP contribution in [0.25, 0.3) is 11.3 Å². The molecule has 0 unspecified atom stereocenters. The zero-order chi connectivity index (χ0) is 23.8. The van der Waals surface area contributed by atoms with E-state index in [0.29, 0.717) is 31.3 Å². The molecule has 174 valence electrons. The summed E-state index contributed by atoms with van der Waals surface area (Å²) in [5, 5.41) is 5.21. The van der Waals surface area contributed by atoms with E-state index in [9.17, 15) is 13.2 Å². The molecule has 1 saturated heterocycles. The minimum absolute atomic E-state index is 0.130. The quantitative estimate of drug-likeness (QED) is 0.594. The Hall–Kier alpha value is -2.59. The van der Waals surface area contributed by atoms with Crippen molar-refractivity contribution in [2.24, 2.45) is 0 Å². The molecule has 3 aromatic rings. The predicted molar refractivity (Wildman–Crippen MR) is 132 cm³/mol. The molecule has 0 atom stereocenters. The summed E-state index contributed by atoms with van der Waals surface area (Å²) in [7, 11) is -1.67. The second-order valence-electron chi connectivity index (χ2n) is 8.50. The van der Waals surface area contributed by atoms with Gasteiger partial charge in [-0.25, -0.2) is 13.4 Å². The number of nitrogens with zero attached hydrogens (tertiary/aromatic N) is 3. The molecule has 2 heterocycles. The van der Waals surface area contributed by atoms with Gasteiger partial charge in [0.1, 0.15) is 0 Å². The first-order chi connectivity index (χ1) is 15.6. The number of carbonyl (C=O) groups is 1. The van der Waals surface area contributed by atoms with Crippen molar-refractivity contribution in [2.45, 2.75) is 25.7 Å². The number of benzene rings is 2. The molecule has 33 heavy (non-hydrogen) atoms. The standard InChI is InChI=1S/C24H28N4O3S2/c1-16-12-17(2)22(18(3)13-16)21-15-32-24(25-21)26-23(29)19-6-5-7-20(14-19)33(30,31)28-10-8-27(4)9-11-28/h5-7,12-15H,8-11H2,1-4H3,(H,25,26,29). The van der Waals surface area contributed by atoms with E-state index < -0.39 is 10.0 Å². The first kappa shape index (κ1) is 23.6. The smallest absolute Gasteiger partial charge is 0.257 e. The van der Waals surface area contributed by atoms with E-state index in [-0.39, 0.29) is 16.4 Å². The second-order valence-corrected chi connectivity index (χ2v) is 11.3. The Labute approximate surface area is 199 Å². The van der Waals surface area contributed by atoms with Crippen LogP contribution in [-0.4, -0.2) is 61.7 Å². The van der Waals surface area contributed by atoms with E-state index in [2.05, 4.69) is 48.1 Å². The van der Waals surface area contributed by atoms with Crippen LogP contribution in [-0.2, 0) is 10.0 Å². The summed E-state index contributed by atoms with van der Waals surface area (Å²) in [5.41, 5.74) is 5.64. The Morgan fingerprint density at radius 1 is 1.03 bits per heavy atom. The SMILES string of the molecule is Cc1cc(C)c(-c2csc(NC(=O)c3cccc(S(=O)(=O)N4CCN(C)CC4)c3)n2)c(C)c1. The highest BCUT2D eigenvalue weighted by molar-refractivity contribution is 7.89. The third-order valence-electron chi connectivity index (χ3n) is 5.85. The molecule has 1 aliphatic heterocycles. The van der Waals surface area contributed by atoms with Gasteiger partial charge in [0.05, 0.1) is 10.6 Å². The molecule has 0 bridgehead atoms. The fourth-order valence-electron chi connectivity index (χ4n) is 4.17. The number of carbonyl (C=O) groups excluding carboxylic acids is 1. The number of rotatable bonds is 5. The maximum atomic E-state index is 13.0. The number of likely N-dealkylation sites (N-methyl/N-ethyl adjacent to an activating group) is 1. The van der Waals surface area contributed by atoms with Crippen molar-refractivity contribution in [1.82, 2.24) is 14.2 Å². The molecule has 1 amide bonds. The molecule has 1 N–H and O–H groups in total. The van der Waals surface area contributed by atoms with Gasteiger partial charge in [0, 0.05) is 42.7 Å². The van der Waals surface area contributed by atoms with Crippen LogP contribution in [0.3, 0.4) is 0 Å². The van der Waals surface area contributed by atoms with E-state index in [1.165, 1.54) is 33.3 Å². The number of aryl methyl sites for hydroxylation is 3. The number of amides is 1. The van der Waals surface area contributed by atoms with Gasteiger partial charge in [0.25, 0.3) is 5.91 Å². The molecule has 1 aliphatic rings. The van der Waals surface area contributed by atoms with Crippen LogP contribution in [0.1, 0.15) is 27.0 Å². The lowest BCUT2D eigenvalue weighted by molar-refractivity contribution is 0.102. The van der Waals surface area contributed by atoms with Gasteiger partial charge in [-0.3, -0.25) is 10.1 Å². The van der Waals surface area contributed by atoms with Crippen LogP contribution in [0.4, 0.5) is 5.13 Å². The number of thiazole rings is 1.